The summed E-state index contributed by atoms with van der Waals surface area (Å²) in [6.07, 6.45) is 3.19. The third-order valence-corrected chi connectivity index (χ3v) is 7.33. The van der Waals surface area contributed by atoms with Crippen molar-refractivity contribution in [3.05, 3.63) is 69.7 Å². The number of nitrogens with one attached hydrogen (secondary N) is 1. The van der Waals surface area contributed by atoms with E-state index in [1.54, 1.807) is 19.1 Å². The number of likely N-dealkylation sites (N-methyl/N-ethyl adjacent to an activating group) is 3. The predicted octanol–water partition coefficient (Wildman–Crippen LogP) is 5.14. The monoisotopic (exact) mass is 538 g/mol. The van der Waals surface area contributed by atoms with Crippen LogP contribution in [0.3, 0.4) is 0 Å². The summed E-state index contributed by atoms with van der Waals surface area (Å²) in [6.45, 7) is 6.67. The Morgan fingerprint density at radius 2 is 1.95 bits per heavy atom. The van der Waals surface area contributed by atoms with Crippen molar-refractivity contribution in [2.75, 3.05) is 64.2 Å². The van der Waals surface area contributed by atoms with Gasteiger partial charge in [-0.1, -0.05) is 35.9 Å². The summed E-state index contributed by atoms with van der Waals surface area (Å²) in [5.74, 6) is 0.614. The van der Waals surface area contributed by atoms with Crippen molar-refractivity contribution in [2.45, 2.75) is 19.9 Å². The van der Waals surface area contributed by atoms with Gasteiger partial charge in [0.2, 0.25) is 5.95 Å². The van der Waals surface area contributed by atoms with Crippen LogP contribution in [0.5, 0.6) is 0 Å². The van der Waals surface area contributed by atoms with E-state index in [1.807, 2.05) is 64.3 Å². The minimum atomic E-state index is -0.526. The molecule has 1 aromatic heterocycles. The number of anilines is 2. The van der Waals surface area contributed by atoms with Gasteiger partial charge in [0, 0.05) is 50.2 Å². The second-order valence-electron chi connectivity index (χ2n) is 10.1. The van der Waals surface area contributed by atoms with E-state index in [1.165, 1.54) is 6.08 Å². The van der Waals surface area contributed by atoms with Gasteiger partial charge in [-0.2, -0.15) is 4.98 Å². The number of hydrogen-bond donors (Lipinski definition) is 2. The van der Waals surface area contributed by atoms with Gasteiger partial charge < -0.3 is 25.1 Å². The number of benzene rings is 2. The van der Waals surface area contributed by atoms with E-state index in [2.05, 4.69) is 20.1 Å². The van der Waals surface area contributed by atoms with Crippen LogP contribution in [0.15, 0.2) is 42.2 Å². The molecule has 1 saturated heterocycles. The average molecular weight is 539 g/mol. The molecule has 0 unspecified atom stereocenters. The highest BCUT2D eigenvalue weighted by atomic mass is 35.5. The molecule has 2 aromatic carbocycles. The van der Waals surface area contributed by atoms with Gasteiger partial charge in [-0.05, 0) is 69.9 Å². The van der Waals surface area contributed by atoms with Crippen LogP contribution in [0, 0.1) is 12.7 Å². The van der Waals surface area contributed by atoms with Gasteiger partial charge in [-0.25, -0.2) is 9.37 Å². The first-order chi connectivity index (χ1) is 18.1. The SMILES string of the molecule is CNCCN(C)c1nc(N2CC(N(C)C)C2)nc2c(F)c(/C(C)=C/C(O)=C\c3ccccc3C)c(Cl)cc12. The number of hydrogen-bond acceptors (Lipinski definition) is 7. The first kappa shape index (κ1) is 27.8. The van der Waals surface area contributed by atoms with Gasteiger partial charge in [-0.3, -0.25) is 0 Å². The largest absolute Gasteiger partial charge is 0.508 e. The molecule has 0 amide bonds. The molecule has 1 aliphatic rings. The second-order valence-corrected chi connectivity index (χ2v) is 10.5. The molecule has 0 radical (unpaired) electrons. The Kier molecular flexibility index (Phi) is 8.55. The minimum absolute atomic E-state index is 0.0125. The fourth-order valence-corrected chi connectivity index (χ4v) is 4.88. The lowest BCUT2D eigenvalue weighted by atomic mass is 10.0. The molecule has 9 heteroatoms. The molecule has 2 N–H and O–H groups in total. The van der Waals surface area contributed by atoms with E-state index < -0.39 is 5.82 Å². The van der Waals surface area contributed by atoms with Crippen molar-refractivity contribution >= 4 is 45.9 Å². The number of aromatic nitrogens is 2. The van der Waals surface area contributed by atoms with Crippen molar-refractivity contribution in [1.82, 2.24) is 20.2 Å². The van der Waals surface area contributed by atoms with Crippen LogP contribution in [0.25, 0.3) is 22.6 Å². The number of aliphatic hydroxyl groups is 1. The number of allylic oxidation sites excluding steroid dienone is 2. The Labute approximate surface area is 229 Å². The number of halogens is 2. The number of nitrogens with zero attached hydrogens (tertiary/aromatic N) is 5. The average Bonchev–Trinajstić information content (AvgIpc) is 2.82. The maximum absolute atomic E-state index is 16.2. The van der Waals surface area contributed by atoms with Crippen molar-refractivity contribution in [3.63, 3.8) is 0 Å². The van der Waals surface area contributed by atoms with E-state index in [0.717, 1.165) is 30.8 Å². The van der Waals surface area contributed by atoms with Crippen molar-refractivity contribution in [1.29, 1.82) is 0 Å². The molecule has 0 bridgehead atoms. The van der Waals surface area contributed by atoms with E-state index >= 15 is 4.39 Å². The summed E-state index contributed by atoms with van der Waals surface area (Å²) >= 11 is 6.66. The summed E-state index contributed by atoms with van der Waals surface area (Å²) in [7, 11) is 7.92. The normalized spacial score (nSPS) is 14.9. The molecule has 1 fully saturated rings. The first-order valence-electron chi connectivity index (χ1n) is 12.7. The molecule has 1 aliphatic heterocycles. The summed E-state index contributed by atoms with van der Waals surface area (Å²) < 4.78 is 16.2. The van der Waals surface area contributed by atoms with Crippen LogP contribution >= 0.6 is 11.6 Å². The highest BCUT2D eigenvalue weighted by Crippen LogP contribution is 2.37. The first-order valence-corrected chi connectivity index (χ1v) is 13.1. The van der Waals surface area contributed by atoms with E-state index in [-0.39, 0.29) is 21.9 Å². The Morgan fingerprint density at radius 1 is 1.24 bits per heavy atom. The van der Waals surface area contributed by atoms with Gasteiger partial charge in [0.1, 0.15) is 17.1 Å². The number of aryl methyl sites for hydroxylation is 1. The third kappa shape index (κ3) is 5.77. The smallest absolute Gasteiger partial charge is 0.228 e. The van der Waals surface area contributed by atoms with Crippen molar-refractivity contribution in [2.24, 2.45) is 0 Å². The predicted molar refractivity (Wildman–Crippen MR) is 157 cm³/mol. The molecule has 0 saturated carbocycles. The zero-order valence-corrected chi connectivity index (χ0v) is 23.6. The summed E-state index contributed by atoms with van der Waals surface area (Å²) in [5, 5.41) is 14.6. The molecule has 3 aromatic rings. The highest BCUT2D eigenvalue weighted by Gasteiger charge is 2.31. The van der Waals surface area contributed by atoms with Crippen LogP contribution in [0.4, 0.5) is 16.2 Å². The Hall–Kier alpha value is -3.20. The van der Waals surface area contributed by atoms with Crippen molar-refractivity contribution in [3.8, 4) is 0 Å². The number of fused-ring (bicyclic) bond motifs is 1. The van der Waals surface area contributed by atoms with E-state index in [4.69, 9.17) is 16.6 Å². The van der Waals surface area contributed by atoms with Crippen LogP contribution in [-0.4, -0.2) is 80.4 Å². The van der Waals surface area contributed by atoms with Crippen LogP contribution in [0.1, 0.15) is 23.6 Å². The zero-order valence-electron chi connectivity index (χ0n) is 22.9. The van der Waals surface area contributed by atoms with Gasteiger partial charge in [0.15, 0.2) is 5.82 Å². The molecule has 38 heavy (non-hydrogen) atoms. The van der Waals surface area contributed by atoms with E-state index in [0.29, 0.717) is 35.3 Å². The second kappa shape index (κ2) is 11.7. The Bertz CT molecular complexity index is 1380. The van der Waals surface area contributed by atoms with Gasteiger partial charge in [0.25, 0.3) is 0 Å². The van der Waals surface area contributed by atoms with Gasteiger partial charge in [0.05, 0.1) is 5.02 Å². The maximum Gasteiger partial charge on any atom is 0.228 e. The molecule has 0 atom stereocenters. The lowest BCUT2D eigenvalue weighted by molar-refractivity contribution is 0.245. The topological polar surface area (TPSA) is 67.8 Å². The van der Waals surface area contributed by atoms with Crippen molar-refractivity contribution < 1.29 is 9.50 Å². The zero-order chi connectivity index (χ0) is 27.6. The van der Waals surface area contributed by atoms with Gasteiger partial charge >= 0.3 is 0 Å². The molecule has 202 valence electrons. The number of rotatable bonds is 9. The molecule has 2 heterocycles. The quantitative estimate of drug-likeness (QED) is 0.289. The molecular formula is C29H36ClFN6O. The standard InChI is InChI=1S/C29H36ClFN6O/c1-18-9-7-8-10-20(18)14-22(38)13-19(2)25-24(30)15-23-27(26(25)31)33-29(37-16-21(17-37)35(4)5)34-28(23)36(6)12-11-32-3/h7-10,13-15,21,32,38H,11-12,16-17H2,1-6H3/b19-13+,22-14+. The van der Waals surface area contributed by atoms with Crippen LogP contribution < -0.4 is 15.1 Å². The summed E-state index contributed by atoms with van der Waals surface area (Å²) in [4.78, 5) is 15.7. The minimum Gasteiger partial charge on any atom is -0.508 e. The van der Waals surface area contributed by atoms with E-state index in [9.17, 15) is 5.11 Å². The molecule has 7 nitrogen and oxygen atoms in total. The summed E-state index contributed by atoms with van der Waals surface area (Å²) in [5.41, 5.74) is 2.84. The van der Waals surface area contributed by atoms with Gasteiger partial charge in [-0.15, -0.1) is 0 Å². The summed E-state index contributed by atoms with van der Waals surface area (Å²) in [6, 6.07) is 9.86. The lowest BCUT2D eigenvalue weighted by Crippen LogP contribution is -2.58. The fraction of sp³-hybridized carbons (Fsp3) is 0.379. The molecule has 4 rings (SSSR count). The Balaban J connectivity index is 1.80. The fourth-order valence-electron chi connectivity index (χ4n) is 4.54. The maximum atomic E-state index is 16.2. The molecule has 0 spiro atoms. The lowest BCUT2D eigenvalue weighted by Gasteiger charge is -2.43. The van der Waals surface area contributed by atoms with Crippen LogP contribution in [0.2, 0.25) is 5.02 Å². The highest BCUT2D eigenvalue weighted by molar-refractivity contribution is 6.33. The molecular weight excluding hydrogens is 503 g/mol. The third-order valence-electron chi connectivity index (χ3n) is 7.04. The van der Waals surface area contributed by atoms with Crippen LogP contribution in [-0.2, 0) is 0 Å². The molecule has 0 aliphatic carbocycles. The Morgan fingerprint density at radius 3 is 2.61 bits per heavy atom. The number of aliphatic hydroxyl groups excluding tert-OH is 1.